The molecule has 3 heterocycles. The summed E-state index contributed by atoms with van der Waals surface area (Å²) in [5.41, 5.74) is 2.88. The van der Waals surface area contributed by atoms with Crippen LogP contribution in [-0.2, 0) is 13.0 Å². The summed E-state index contributed by atoms with van der Waals surface area (Å²) in [5.74, 6) is 1.78. The van der Waals surface area contributed by atoms with Gasteiger partial charge < -0.3 is 20.0 Å². The molecule has 7 nitrogen and oxygen atoms in total. The first-order valence-electron chi connectivity index (χ1n) is 9.61. The van der Waals surface area contributed by atoms with E-state index >= 15 is 0 Å². The van der Waals surface area contributed by atoms with Crippen LogP contribution in [-0.4, -0.2) is 65.6 Å². The molecule has 0 spiro atoms. The van der Waals surface area contributed by atoms with Crippen molar-refractivity contribution >= 4 is 29.1 Å². The number of hydrogen-bond acceptors (Lipinski definition) is 5. The summed E-state index contributed by atoms with van der Waals surface area (Å²) in [4.78, 5) is 28.7. The summed E-state index contributed by atoms with van der Waals surface area (Å²) in [6, 6.07) is 7.04. The number of halogens is 1. The van der Waals surface area contributed by atoms with E-state index in [9.17, 15) is 4.79 Å². The number of benzene rings is 1. The van der Waals surface area contributed by atoms with Gasteiger partial charge in [-0.05, 0) is 38.2 Å². The van der Waals surface area contributed by atoms with Crippen molar-refractivity contribution in [3.63, 3.8) is 0 Å². The Hall–Kier alpha value is -2.38. The Morgan fingerprint density at radius 1 is 1.07 bits per heavy atom. The second-order valence-electron chi connectivity index (χ2n) is 7.42. The summed E-state index contributed by atoms with van der Waals surface area (Å²) in [7, 11) is 2.14. The highest BCUT2D eigenvalue weighted by Crippen LogP contribution is 2.28. The van der Waals surface area contributed by atoms with E-state index in [4.69, 9.17) is 16.6 Å². The van der Waals surface area contributed by atoms with Gasteiger partial charge in [0.05, 0.1) is 12.2 Å². The van der Waals surface area contributed by atoms with Crippen LogP contribution in [0.1, 0.15) is 17.1 Å². The Morgan fingerprint density at radius 3 is 2.50 bits per heavy atom. The van der Waals surface area contributed by atoms with Gasteiger partial charge in [0.15, 0.2) is 0 Å². The molecule has 0 bridgehead atoms. The third-order valence-corrected chi connectivity index (χ3v) is 5.59. The lowest BCUT2D eigenvalue weighted by atomic mass is 10.1. The number of urea groups is 1. The SMILES string of the molecule is Cc1nc2c(c(N3CCN(C)CC3)n1)CN(C(=O)Nc1ccc(Cl)cc1)CC2. The van der Waals surface area contributed by atoms with Crippen LogP contribution in [0.4, 0.5) is 16.3 Å². The number of piperazine rings is 1. The van der Waals surface area contributed by atoms with Crippen LogP contribution < -0.4 is 10.2 Å². The lowest BCUT2D eigenvalue weighted by molar-refractivity contribution is 0.205. The maximum Gasteiger partial charge on any atom is 0.322 e. The zero-order valence-electron chi connectivity index (χ0n) is 16.3. The van der Waals surface area contributed by atoms with Gasteiger partial charge in [-0.2, -0.15) is 0 Å². The van der Waals surface area contributed by atoms with Crippen molar-refractivity contribution in [2.24, 2.45) is 0 Å². The molecule has 4 rings (SSSR count). The number of hydrogen-bond donors (Lipinski definition) is 1. The van der Waals surface area contributed by atoms with E-state index in [0.717, 1.165) is 61.2 Å². The maximum atomic E-state index is 12.8. The monoisotopic (exact) mass is 400 g/mol. The Labute approximate surface area is 170 Å². The first-order chi connectivity index (χ1) is 13.5. The second kappa shape index (κ2) is 7.93. The number of likely N-dealkylation sites (N-methyl/N-ethyl adjacent to an activating group) is 1. The number of rotatable bonds is 2. The molecule has 1 fully saturated rings. The summed E-state index contributed by atoms with van der Waals surface area (Å²) in [6.45, 7) is 7.02. The molecule has 2 aromatic rings. The van der Waals surface area contributed by atoms with Gasteiger partial charge in [-0.25, -0.2) is 14.8 Å². The lowest BCUT2D eigenvalue weighted by Gasteiger charge is -2.37. The predicted molar refractivity (Wildman–Crippen MR) is 111 cm³/mol. The molecule has 148 valence electrons. The Balaban J connectivity index is 1.53. The molecule has 0 atom stereocenters. The van der Waals surface area contributed by atoms with Crippen molar-refractivity contribution < 1.29 is 4.79 Å². The van der Waals surface area contributed by atoms with Crippen molar-refractivity contribution in [3.05, 3.63) is 46.4 Å². The number of amides is 2. The smallest absolute Gasteiger partial charge is 0.322 e. The van der Waals surface area contributed by atoms with E-state index in [1.165, 1.54) is 0 Å². The van der Waals surface area contributed by atoms with Crippen LogP contribution in [0.25, 0.3) is 0 Å². The summed E-state index contributed by atoms with van der Waals surface area (Å²) in [6.07, 6.45) is 0.744. The summed E-state index contributed by atoms with van der Waals surface area (Å²) < 4.78 is 0. The van der Waals surface area contributed by atoms with E-state index in [1.807, 2.05) is 11.8 Å². The average molecular weight is 401 g/mol. The maximum absolute atomic E-state index is 12.8. The minimum atomic E-state index is -0.113. The summed E-state index contributed by atoms with van der Waals surface area (Å²) in [5, 5.41) is 3.60. The molecule has 1 N–H and O–H groups in total. The van der Waals surface area contributed by atoms with Crippen LogP contribution in [0, 0.1) is 6.92 Å². The van der Waals surface area contributed by atoms with Crippen LogP contribution in [0.5, 0.6) is 0 Å². The van der Waals surface area contributed by atoms with Crippen molar-refractivity contribution in [3.8, 4) is 0 Å². The zero-order valence-corrected chi connectivity index (χ0v) is 17.0. The van der Waals surface area contributed by atoms with Gasteiger partial charge in [-0.15, -0.1) is 0 Å². The number of anilines is 2. The number of carbonyl (C=O) groups excluding carboxylic acids is 1. The standard InChI is InChI=1S/C20H25ClN6O/c1-14-22-18-7-8-27(20(28)24-16-5-3-15(21)4-6-16)13-17(18)19(23-14)26-11-9-25(2)10-12-26/h3-6H,7-13H2,1-2H3,(H,24,28). The van der Waals surface area contributed by atoms with Crippen LogP contribution in [0.2, 0.25) is 5.02 Å². The Bertz CT molecular complexity index is 864. The average Bonchev–Trinajstić information content (AvgIpc) is 2.69. The molecular weight excluding hydrogens is 376 g/mol. The number of carbonyl (C=O) groups is 1. The molecule has 8 heteroatoms. The van der Waals surface area contributed by atoms with E-state index in [0.29, 0.717) is 18.1 Å². The molecule has 1 saturated heterocycles. The van der Waals surface area contributed by atoms with Crippen LogP contribution in [0.15, 0.2) is 24.3 Å². The number of fused-ring (bicyclic) bond motifs is 1. The highest BCUT2D eigenvalue weighted by Gasteiger charge is 2.28. The van der Waals surface area contributed by atoms with Crippen molar-refractivity contribution in [2.45, 2.75) is 19.9 Å². The molecule has 0 saturated carbocycles. The fourth-order valence-corrected chi connectivity index (χ4v) is 3.83. The molecule has 1 aromatic carbocycles. The molecule has 2 aliphatic rings. The minimum Gasteiger partial charge on any atom is -0.354 e. The van der Waals surface area contributed by atoms with Crippen molar-refractivity contribution in [1.29, 1.82) is 0 Å². The van der Waals surface area contributed by atoms with Crippen molar-refractivity contribution in [1.82, 2.24) is 19.8 Å². The van der Waals surface area contributed by atoms with Gasteiger partial charge in [-0.3, -0.25) is 0 Å². The van der Waals surface area contributed by atoms with Crippen LogP contribution in [0.3, 0.4) is 0 Å². The third kappa shape index (κ3) is 4.05. The van der Waals surface area contributed by atoms with E-state index < -0.39 is 0 Å². The van der Waals surface area contributed by atoms with Gasteiger partial charge >= 0.3 is 6.03 Å². The highest BCUT2D eigenvalue weighted by atomic mass is 35.5. The van der Waals surface area contributed by atoms with E-state index in [1.54, 1.807) is 24.3 Å². The number of aromatic nitrogens is 2. The van der Waals surface area contributed by atoms with Gasteiger partial charge in [0.25, 0.3) is 0 Å². The number of aryl methyl sites for hydroxylation is 1. The predicted octanol–water partition coefficient (Wildman–Crippen LogP) is 2.78. The van der Waals surface area contributed by atoms with Crippen LogP contribution >= 0.6 is 11.6 Å². The first-order valence-corrected chi connectivity index (χ1v) is 9.99. The highest BCUT2D eigenvalue weighted by molar-refractivity contribution is 6.30. The van der Waals surface area contributed by atoms with Gasteiger partial charge in [0.2, 0.25) is 0 Å². The molecular formula is C20H25ClN6O. The second-order valence-corrected chi connectivity index (χ2v) is 7.86. The summed E-state index contributed by atoms with van der Waals surface area (Å²) >= 11 is 5.92. The zero-order chi connectivity index (χ0) is 19.7. The number of nitrogens with one attached hydrogen (secondary N) is 1. The van der Waals surface area contributed by atoms with Crippen molar-refractivity contribution in [2.75, 3.05) is 50.0 Å². The fourth-order valence-electron chi connectivity index (χ4n) is 3.71. The van der Waals surface area contributed by atoms with Gasteiger partial charge in [0.1, 0.15) is 11.6 Å². The first kappa shape index (κ1) is 19.0. The topological polar surface area (TPSA) is 64.6 Å². The lowest BCUT2D eigenvalue weighted by Crippen LogP contribution is -2.46. The van der Waals surface area contributed by atoms with Gasteiger partial charge in [-0.1, -0.05) is 11.6 Å². The number of nitrogens with zero attached hydrogens (tertiary/aromatic N) is 5. The van der Waals surface area contributed by atoms with E-state index in [-0.39, 0.29) is 6.03 Å². The largest absolute Gasteiger partial charge is 0.354 e. The fraction of sp³-hybridized carbons (Fsp3) is 0.450. The normalized spacial score (nSPS) is 17.4. The molecule has 28 heavy (non-hydrogen) atoms. The van der Waals surface area contributed by atoms with Gasteiger partial charge in [0, 0.05) is 55.4 Å². The molecule has 2 aliphatic heterocycles. The molecule has 2 amide bonds. The minimum absolute atomic E-state index is 0.113. The van der Waals surface area contributed by atoms with E-state index in [2.05, 4.69) is 27.1 Å². The third-order valence-electron chi connectivity index (χ3n) is 5.34. The Kier molecular flexibility index (Phi) is 5.37. The molecule has 0 unspecified atom stereocenters. The molecule has 1 aromatic heterocycles. The quantitative estimate of drug-likeness (QED) is 0.839. The molecule has 0 aliphatic carbocycles. The Morgan fingerprint density at radius 2 is 1.79 bits per heavy atom. The molecule has 0 radical (unpaired) electrons.